The maximum absolute atomic E-state index is 12.9. The van der Waals surface area contributed by atoms with Crippen molar-refractivity contribution in [3.63, 3.8) is 0 Å². The number of benzene rings is 5. The molecule has 0 aliphatic carbocycles. The van der Waals surface area contributed by atoms with Gasteiger partial charge in [-0.05, 0) is 67.6 Å². The number of hydrogen-bond acceptors (Lipinski definition) is 12. The molecular formula is C41H37Cl2N3O10S. The van der Waals surface area contributed by atoms with Crippen molar-refractivity contribution in [1.82, 2.24) is 0 Å². The van der Waals surface area contributed by atoms with Crippen LogP contribution >= 0.6 is 35.4 Å². The summed E-state index contributed by atoms with van der Waals surface area (Å²) in [7, 11) is 0. The van der Waals surface area contributed by atoms with Crippen molar-refractivity contribution in [2.45, 2.75) is 12.5 Å². The Morgan fingerprint density at radius 1 is 0.807 bits per heavy atom. The molecule has 0 amide bonds. The Morgan fingerprint density at radius 2 is 1.40 bits per heavy atom. The number of rotatable bonds is 13. The average Bonchev–Trinajstić information content (AvgIpc) is 3.44. The van der Waals surface area contributed by atoms with Crippen molar-refractivity contribution in [3.8, 4) is 28.7 Å². The summed E-state index contributed by atoms with van der Waals surface area (Å²) in [5, 5.41) is 35.8. The van der Waals surface area contributed by atoms with Gasteiger partial charge in [-0.1, -0.05) is 53.6 Å². The summed E-state index contributed by atoms with van der Waals surface area (Å²) in [6.07, 6.45) is 0. The Labute approximate surface area is 342 Å². The van der Waals surface area contributed by atoms with Gasteiger partial charge >= 0.3 is 11.9 Å². The lowest BCUT2D eigenvalue weighted by Crippen LogP contribution is -2.32. The molecule has 1 spiro atoms. The molecule has 2 aliphatic rings. The number of aromatic hydroxyl groups is 2. The Bertz CT molecular complexity index is 2250. The van der Waals surface area contributed by atoms with E-state index in [2.05, 4.69) is 10.6 Å². The summed E-state index contributed by atoms with van der Waals surface area (Å²) in [5.41, 5.74) is 8.12. The van der Waals surface area contributed by atoms with Gasteiger partial charge in [-0.3, -0.25) is 0 Å². The summed E-state index contributed by atoms with van der Waals surface area (Å²) in [4.78, 5) is 24.8. The molecule has 16 heteroatoms. The van der Waals surface area contributed by atoms with E-state index in [1.807, 2.05) is 12.1 Å². The maximum atomic E-state index is 12.9. The van der Waals surface area contributed by atoms with Crippen molar-refractivity contribution in [2.75, 3.05) is 50.2 Å². The molecule has 5 aromatic carbocycles. The second-order valence-electron chi connectivity index (χ2n) is 12.6. The number of hydrogen-bond donors (Lipinski definition) is 6. The molecule has 0 fully saturated rings. The maximum Gasteiger partial charge on any atom is 0.340 e. The lowest BCUT2D eigenvalue weighted by molar-refractivity contribution is 0.0224. The zero-order valence-corrected chi connectivity index (χ0v) is 32.7. The first-order valence-corrected chi connectivity index (χ1v) is 18.6. The summed E-state index contributed by atoms with van der Waals surface area (Å²) >= 11 is 17.6. The predicted molar refractivity (Wildman–Crippen MR) is 219 cm³/mol. The summed E-state index contributed by atoms with van der Waals surface area (Å²) in [6, 6.07) is 24.4. The largest absolute Gasteiger partial charge is 0.508 e. The number of aromatic carboxylic acids is 1. The minimum absolute atomic E-state index is 0.0167. The topological polar surface area (TPSA) is 191 Å². The molecule has 0 aromatic heterocycles. The van der Waals surface area contributed by atoms with Crippen molar-refractivity contribution < 1.29 is 48.6 Å². The highest BCUT2D eigenvalue weighted by atomic mass is 35.5. The van der Waals surface area contributed by atoms with Crippen LogP contribution in [0.4, 0.5) is 17.1 Å². The molecular weight excluding hydrogens is 797 g/mol. The fraction of sp³-hybridized carbons (Fsp3) is 0.195. The molecule has 2 aliphatic heterocycles. The van der Waals surface area contributed by atoms with Gasteiger partial charge in [0.2, 0.25) is 0 Å². The first kappa shape index (κ1) is 41.0. The fourth-order valence-electron chi connectivity index (χ4n) is 6.30. The monoisotopic (exact) mass is 833 g/mol. The van der Waals surface area contributed by atoms with Gasteiger partial charge in [0.1, 0.15) is 29.6 Å². The van der Waals surface area contributed by atoms with Gasteiger partial charge in [0.05, 0.1) is 58.3 Å². The molecule has 0 atom stereocenters. The molecule has 5 aromatic rings. The molecule has 7 rings (SSSR count). The van der Waals surface area contributed by atoms with Gasteiger partial charge in [-0.15, -0.1) is 0 Å². The molecule has 13 nitrogen and oxygen atoms in total. The van der Waals surface area contributed by atoms with E-state index in [1.165, 1.54) is 30.3 Å². The summed E-state index contributed by atoms with van der Waals surface area (Å²) in [5.74, 6) is -0.449. The first-order valence-electron chi connectivity index (χ1n) is 17.5. The molecule has 57 heavy (non-hydrogen) atoms. The second-order valence-corrected chi connectivity index (χ2v) is 14.0. The van der Waals surface area contributed by atoms with Gasteiger partial charge < -0.3 is 55.4 Å². The number of ether oxygens (including phenoxy) is 5. The van der Waals surface area contributed by atoms with Gasteiger partial charge in [-0.25, -0.2) is 9.59 Å². The van der Waals surface area contributed by atoms with E-state index < -0.39 is 17.5 Å². The SMILES string of the molecule is CC(=S)Nc1ccc2c(c1)C(=O)OC21c2ccc(O)cc2Oc2cc(O)ccc21.NCCOCCOCCOc1c(Cl)cc(Nc2ccccc2C(=O)O)cc1Cl. The molecule has 0 saturated carbocycles. The second kappa shape index (κ2) is 18.1. The van der Waals surface area contributed by atoms with Crippen molar-refractivity contribution in [1.29, 1.82) is 0 Å². The predicted octanol–water partition coefficient (Wildman–Crippen LogP) is 8.23. The standard InChI is InChI=1S/C22H15NO5S.C19H22Cl2N2O5/c1-11(29)23-12-2-5-16-15(8-12)21(26)28-22(16)17-6-3-13(24)9-19(17)27-20-10-14(25)4-7-18(20)22;20-15-11-13(23-17-4-2-1-3-14(17)19(24)25)12-16(21)18(15)28-10-9-27-8-7-26-6-5-22/h2-10,24-25H,1H3,(H,23,29);1-4,11-12,23H,5-10,22H2,(H,24,25). The van der Waals surface area contributed by atoms with Crippen LogP contribution in [-0.4, -0.2) is 71.8 Å². The normalized spacial score (nSPS) is 12.9. The van der Waals surface area contributed by atoms with E-state index in [0.717, 1.165) is 0 Å². The quantitative estimate of drug-likeness (QED) is 0.0378. The van der Waals surface area contributed by atoms with Crippen molar-refractivity contribution in [3.05, 3.63) is 129 Å². The zero-order valence-electron chi connectivity index (χ0n) is 30.3. The molecule has 296 valence electrons. The van der Waals surface area contributed by atoms with Crippen LogP contribution in [0.5, 0.6) is 28.7 Å². The van der Waals surface area contributed by atoms with E-state index in [-0.39, 0.29) is 23.7 Å². The Balaban J connectivity index is 0.000000193. The fourth-order valence-corrected chi connectivity index (χ4v) is 7.01. The molecule has 0 bridgehead atoms. The highest BCUT2D eigenvalue weighted by molar-refractivity contribution is 7.80. The number of esters is 1. The van der Waals surface area contributed by atoms with Gasteiger partial charge in [0.15, 0.2) is 11.4 Å². The third kappa shape index (κ3) is 9.18. The number of fused-ring (bicyclic) bond motifs is 6. The molecule has 0 unspecified atom stereocenters. The number of thiocarbonyl (C=S) groups is 1. The van der Waals surface area contributed by atoms with Crippen LogP contribution in [0.25, 0.3) is 0 Å². The van der Waals surface area contributed by atoms with Crippen LogP contribution in [0.1, 0.15) is 44.3 Å². The third-order valence-corrected chi connectivity index (χ3v) is 9.30. The summed E-state index contributed by atoms with van der Waals surface area (Å²) < 4.78 is 28.1. The Morgan fingerprint density at radius 3 is 2.02 bits per heavy atom. The van der Waals surface area contributed by atoms with Crippen molar-refractivity contribution >= 4 is 69.4 Å². The highest BCUT2D eigenvalue weighted by Crippen LogP contribution is 2.57. The van der Waals surface area contributed by atoms with Crippen LogP contribution in [0, 0.1) is 0 Å². The zero-order chi connectivity index (χ0) is 40.7. The minimum Gasteiger partial charge on any atom is -0.508 e. The van der Waals surface area contributed by atoms with E-state index in [4.69, 9.17) is 64.8 Å². The van der Waals surface area contributed by atoms with Crippen LogP contribution in [0.3, 0.4) is 0 Å². The number of anilines is 3. The van der Waals surface area contributed by atoms with Crippen LogP contribution in [-0.2, 0) is 19.8 Å². The van der Waals surface area contributed by atoms with Gasteiger partial charge in [0.25, 0.3) is 0 Å². The molecule has 2 heterocycles. The van der Waals surface area contributed by atoms with Crippen LogP contribution in [0.2, 0.25) is 10.0 Å². The average molecular weight is 835 g/mol. The first-order chi connectivity index (χ1) is 27.4. The van der Waals surface area contributed by atoms with Crippen LogP contribution < -0.4 is 25.8 Å². The number of carboxylic acid groups (broad SMARTS) is 1. The van der Waals surface area contributed by atoms with Gasteiger partial charge in [-0.2, -0.15) is 0 Å². The number of carboxylic acids is 1. The van der Waals surface area contributed by atoms with E-state index in [0.29, 0.717) is 105 Å². The number of para-hydroxylation sites is 1. The summed E-state index contributed by atoms with van der Waals surface area (Å²) in [6.45, 7) is 4.27. The number of phenols is 2. The lowest BCUT2D eigenvalue weighted by atomic mass is 9.77. The Hall–Kier alpha value is -5.61. The Kier molecular flexibility index (Phi) is 13.0. The van der Waals surface area contributed by atoms with E-state index in [1.54, 1.807) is 55.5 Å². The number of carbonyl (C=O) groups is 2. The van der Waals surface area contributed by atoms with Crippen LogP contribution in [0.15, 0.2) is 91.0 Å². The number of carbonyl (C=O) groups excluding carboxylic acids is 1. The molecule has 0 radical (unpaired) electrons. The van der Waals surface area contributed by atoms with E-state index in [9.17, 15) is 24.9 Å². The van der Waals surface area contributed by atoms with Gasteiger partial charge in [0, 0.05) is 46.7 Å². The van der Waals surface area contributed by atoms with E-state index >= 15 is 0 Å². The smallest absolute Gasteiger partial charge is 0.340 e. The number of phenolic OH excluding ortho intramolecular Hbond substituents is 2. The molecule has 0 saturated heterocycles. The number of nitrogens with two attached hydrogens (primary N) is 1. The number of nitrogens with one attached hydrogen (secondary N) is 2. The third-order valence-electron chi connectivity index (χ3n) is 8.64. The highest BCUT2D eigenvalue weighted by Gasteiger charge is 2.53. The number of halogens is 2. The van der Waals surface area contributed by atoms with Crippen molar-refractivity contribution in [2.24, 2.45) is 5.73 Å². The lowest BCUT2D eigenvalue weighted by Gasteiger charge is -2.36. The molecule has 7 N–H and O–H groups in total. The minimum atomic E-state index is -1.25.